The van der Waals surface area contributed by atoms with E-state index in [0.29, 0.717) is 28.9 Å². The molecule has 1 aromatic carbocycles. The number of pyridine rings is 1. The zero-order chi connectivity index (χ0) is 16.7. The van der Waals surface area contributed by atoms with Crippen LogP contribution >= 0.6 is 15.9 Å². The second kappa shape index (κ2) is 8.30. The quantitative estimate of drug-likeness (QED) is 0.777. The second-order valence-electron chi connectivity index (χ2n) is 4.84. The number of rotatable bonds is 6. The zero-order valence-corrected chi connectivity index (χ0v) is 14.3. The lowest BCUT2D eigenvalue weighted by molar-refractivity contribution is 0.0745. The Morgan fingerprint density at radius 3 is 2.91 bits per heavy atom. The first-order valence-electron chi connectivity index (χ1n) is 7.04. The minimum absolute atomic E-state index is 0.158. The van der Waals surface area contributed by atoms with Crippen molar-refractivity contribution in [3.63, 3.8) is 0 Å². The molecule has 0 spiro atoms. The molecule has 0 aliphatic rings. The third-order valence-electron chi connectivity index (χ3n) is 3.28. The monoisotopic (exact) mass is 373 g/mol. The third kappa shape index (κ3) is 4.54. The summed E-state index contributed by atoms with van der Waals surface area (Å²) in [4.78, 5) is 18.6. The predicted octanol–water partition coefficient (Wildman–Crippen LogP) is 3.41. The van der Waals surface area contributed by atoms with Crippen molar-refractivity contribution >= 4 is 21.8 Å². The molecule has 0 saturated heterocycles. The smallest absolute Gasteiger partial charge is 0.255 e. The molecule has 23 heavy (non-hydrogen) atoms. The maximum absolute atomic E-state index is 12.9. The van der Waals surface area contributed by atoms with Crippen molar-refractivity contribution in [3.05, 3.63) is 58.3 Å². The molecule has 5 nitrogen and oxygen atoms in total. The molecule has 6 heteroatoms. The van der Waals surface area contributed by atoms with E-state index < -0.39 is 0 Å². The average molecular weight is 374 g/mol. The van der Waals surface area contributed by atoms with Crippen molar-refractivity contribution in [2.75, 3.05) is 13.7 Å². The molecule has 0 aliphatic heterocycles. The molecule has 0 N–H and O–H groups in total. The lowest BCUT2D eigenvalue weighted by Gasteiger charge is -2.22. The van der Waals surface area contributed by atoms with Crippen LogP contribution in [-0.2, 0) is 6.54 Å². The zero-order valence-electron chi connectivity index (χ0n) is 12.7. The summed E-state index contributed by atoms with van der Waals surface area (Å²) in [5.74, 6) is 0.452. The predicted molar refractivity (Wildman–Crippen MR) is 89.9 cm³/mol. The van der Waals surface area contributed by atoms with Crippen molar-refractivity contribution in [2.45, 2.75) is 13.0 Å². The molecule has 0 saturated carbocycles. The molecule has 2 rings (SSSR count). The van der Waals surface area contributed by atoms with Gasteiger partial charge >= 0.3 is 0 Å². The Balaban J connectivity index is 2.27. The van der Waals surface area contributed by atoms with E-state index in [9.17, 15) is 4.79 Å². The molecular formula is C17H16BrN3O2. The lowest BCUT2D eigenvalue weighted by Crippen LogP contribution is -2.31. The highest BCUT2D eigenvalue weighted by atomic mass is 79.9. The summed E-state index contributed by atoms with van der Waals surface area (Å²) in [5.41, 5.74) is 1.42. The molecule has 1 aromatic heterocycles. The molecule has 118 valence electrons. The normalized spacial score (nSPS) is 9.96. The number of carbonyl (C=O) groups is 1. The Labute approximate surface area is 143 Å². The number of nitrogens with zero attached hydrogens (tertiary/aromatic N) is 3. The Kier molecular flexibility index (Phi) is 6.12. The first-order valence-corrected chi connectivity index (χ1v) is 7.83. The summed E-state index contributed by atoms with van der Waals surface area (Å²) in [6, 6.07) is 11.1. The van der Waals surface area contributed by atoms with Crippen molar-refractivity contribution in [3.8, 4) is 11.8 Å². The first-order chi connectivity index (χ1) is 11.2. The molecule has 2 aromatic rings. The number of aromatic nitrogens is 1. The molecule has 0 atom stereocenters. The molecule has 0 unspecified atom stereocenters. The van der Waals surface area contributed by atoms with Gasteiger partial charge in [0.15, 0.2) is 0 Å². The van der Waals surface area contributed by atoms with Crippen LogP contribution in [0.25, 0.3) is 0 Å². The Morgan fingerprint density at radius 1 is 1.43 bits per heavy atom. The largest absolute Gasteiger partial charge is 0.497 e. The van der Waals surface area contributed by atoms with E-state index in [-0.39, 0.29) is 12.3 Å². The van der Waals surface area contributed by atoms with Crippen LogP contribution in [0.3, 0.4) is 0 Å². The number of nitriles is 1. The van der Waals surface area contributed by atoms with Gasteiger partial charge in [-0.15, -0.1) is 0 Å². The topological polar surface area (TPSA) is 66.2 Å². The van der Waals surface area contributed by atoms with Crippen LogP contribution < -0.4 is 4.74 Å². The van der Waals surface area contributed by atoms with Crippen molar-refractivity contribution in [1.82, 2.24) is 9.88 Å². The molecule has 1 heterocycles. The summed E-state index contributed by atoms with van der Waals surface area (Å²) in [6.07, 6.45) is 3.67. The van der Waals surface area contributed by atoms with E-state index in [1.807, 2.05) is 12.1 Å². The fourth-order valence-electron chi connectivity index (χ4n) is 2.11. The van der Waals surface area contributed by atoms with Crippen LogP contribution in [0.1, 0.15) is 22.3 Å². The SMILES string of the molecule is COc1ccc(Br)c(C(=O)N(CCC#N)Cc2cccnc2)c1. The van der Waals surface area contributed by atoms with Gasteiger partial charge in [-0.2, -0.15) is 5.26 Å². The number of methoxy groups -OCH3 is 1. The molecule has 0 fully saturated rings. The van der Waals surface area contributed by atoms with Crippen LogP contribution in [-0.4, -0.2) is 29.4 Å². The van der Waals surface area contributed by atoms with Gasteiger partial charge in [0.25, 0.3) is 5.91 Å². The Morgan fingerprint density at radius 2 is 2.26 bits per heavy atom. The van der Waals surface area contributed by atoms with Gasteiger partial charge in [-0.05, 0) is 45.8 Å². The number of hydrogen-bond donors (Lipinski definition) is 0. The van der Waals surface area contributed by atoms with E-state index in [1.54, 1.807) is 42.6 Å². The first kappa shape index (κ1) is 17.0. The summed E-state index contributed by atoms with van der Waals surface area (Å²) in [6.45, 7) is 0.756. The van der Waals surface area contributed by atoms with Crippen molar-refractivity contribution in [1.29, 1.82) is 5.26 Å². The van der Waals surface area contributed by atoms with Gasteiger partial charge in [0.05, 0.1) is 25.2 Å². The average Bonchev–Trinajstić information content (AvgIpc) is 2.59. The lowest BCUT2D eigenvalue weighted by atomic mass is 10.1. The van der Waals surface area contributed by atoms with Gasteiger partial charge in [0.1, 0.15) is 5.75 Å². The molecule has 0 aliphatic carbocycles. The highest BCUT2D eigenvalue weighted by Gasteiger charge is 2.19. The van der Waals surface area contributed by atoms with Gasteiger partial charge in [-0.3, -0.25) is 9.78 Å². The molecule has 1 amide bonds. The summed E-state index contributed by atoms with van der Waals surface area (Å²) < 4.78 is 5.88. The van der Waals surface area contributed by atoms with Crippen LogP contribution in [0.5, 0.6) is 5.75 Å². The summed E-state index contributed by atoms with van der Waals surface area (Å²) >= 11 is 3.40. The van der Waals surface area contributed by atoms with E-state index >= 15 is 0 Å². The van der Waals surface area contributed by atoms with Crippen LogP contribution in [0.2, 0.25) is 0 Å². The second-order valence-corrected chi connectivity index (χ2v) is 5.70. The van der Waals surface area contributed by atoms with E-state index in [4.69, 9.17) is 10.00 Å². The van der Waals surface area contributed by atoms with Crippen LogP contribution in [0.15, 0.2) is 47.2 Å². The van der Waals surface area contributed by atoms with Gasteiger partial charge in [0.2, 0.25) is 0 Å². The fourth-order valence-corrected chi connectivity index (χ4v) is 2.53. The third-order valence-corrected chi connectivity index (χ3v) is 3.97. The maximum atomic E-state index is 12.9. The van der Waals surface area contributed by atoms with Gasteiger partial charge in [-0.25, -0.2) is 0 Å². The number of ether oxygens (including phenoxy) is 1. The highest BCUT2D eigenvalue weighted by Crippen LogP contribution is 2.24. The van der Waals surface area contributed by atoms with Gasteiger partial charge < -0.3 is 9.64 Å². The molecule has 0 radical (unpaired) electrons. The van der Waals surface area contributed by atoms with E-state index in [0.717, 1.165) is 5.56 Å². The van der Waals surface area contributed by atoms with E-state index in [1.165, 1.54) is 0 Å². The highest BCUT2D eigenvalue weighted by molar-refractivity contribution is 9.10. The minimum atomic E-state index is -0.158. The molecule has 0 bridgehead atoms. The number of amides is 1. The Bertz CT molecular complexity index is 714. The standard InChI is InChI=1S/C17H16BrN3O2/c1-23-14-5-6-16(18)15(10-14)17(22)21(9-3-7-19)12-13-4-2-8-20-11-13/h2,4-6,8,10-11H,3,9,12H2,1H3. The van der Waals surface area contributed by atoms with E-state index in [2.05, 4.69) is 27.0 Å². The van der Waals surface area contributed by atoms with Crippen molar-refractivity contribution < 1.29 is 9.53 Å². The Hall–Kier alpha value is -2.39. The van der Waals surface area contributed by atoms with Crippen LogP contribution in [0.4, 0.5) is 0 Å². The fraction of sp³-hybridized carbons (Fsp3) is 0.235. The number of hydrogen-bond acceptors (Lipinski definition) is 4. The summed E-state index contributed by atoms with van der Waals surface area (Å²) in [7, 11) is 1.56. The van der Waals surface area contributed by atoms with Crippen molar-refractivity contribution in [2.24, 2.45) is 0 Å². The maximum Gasteiger partial charge on any atom is 0.255 e. The van der Waals surface area contributed by atoms with Gasteiger partial charge in [-0.1, -0.05) is 6.07 Å². The van der Waals surface area contributed by atoms with Gasteiger partial charge in [0, 0.05) is 30.0 Å². The minimum Gasteiger partial charge on any atom is -0.497 e. The number of carbonyl (C=O) groups excluding carboxylic acids is 1. The molecular weight excluding hydrogens is 358 g/mol. The summed E-state index contributed by atoms with van der Waals surface area (Å²) in [5, 5.41) is 8.84. The van der Waals surface area contributed by atoms with Crippen LogP contribution in [0, 0.1) is 11.3 Å². The number of benzene rings is 1. The number of halogens is 1.